The molecule has 1 unspecified atom stereocenters. The molecule has 1 saturated heterocycles. The molecule has 0 bridgehead atoms. The number of carbonyl (C=O) groups is 4. The van der Waals surface area contributed by atoms with E-state index >= 15 is 0 Å². The van der Waals surface area contributed by atoms with Crippen molar-refractivity contribution in [2.24, 2.45) is 5.92 Å². The van der Waals surface area contributed by atoms with Crippen LogP contribution in [-0.2, 0) is 29.0 Å². The number of allylic oxidation sites excluding steroid dienone is 1. The van der Waals surface area contributed by atoms with Crippen molar-refractivity contribution >= 4 is 48.7 Å². The number of carbonyl (C=O) groups excluding carboxylic acids is 4. The summed E-state index contributed by atoms with van der Waals surface area (Å²) in [5.74, 6) is -1.95. The Kier molecular flexibility index (Phi) is 10.1. The number of amides is 4. The van der Waals surface area contributed by atoms with Crippen molar-refractivity contribution in [1.82, 2.24) is 20.3 Å². The topological polar surface area (TPSA) is 158 Å². The van der Waals surface area contributed by atoms with Gasteiger partial charge in [-0.1, -0.05) is 0 Å². The maximum atomic E-state index is 13.7. The average molecular weight is 633 g/mol. The van der Waals surface area contributed by atoms with E-state index in [0.717, 1.165) is 19.3 Å². The number of hydrogen-bond donors (Lipinski definition) is 4. The summed E-state index contributed by atoms with van der Waals surface area (Å²) >= 11 is -0.00871. The van der Waals surface area contributed by atoms with Gasteiger partial charge in [0.05, 0.1) is 0 Å². The quantitative estimate of drug-likeness (QED) is 0.276. The van der Waals surface area contributed by atoms with Crippen molar-refractivity contribution in [2.45, 2.75) is 113 Å². The molecule has 4 N–H and O–H groups in total. The van der Waals surface area contributed by atoms with E-state index in [2.05, 4.69) is 15.4 Å². The molecule has 0 aromatic carbocycles. The zero-order valence-electron chi connectivity index (χ0n) is 23.5. The second kappa shape index (κ2) is 12.6. The Hall–Kier alpha value is -2.11. The van der Waals surface area contributed by atoms with E-state index in [9.17, 15) is 23.4 Å². The van der Waals surface area contributed by atoms with Crippen molar-refractivity contribution < 1.29 is 28.1 Å². The summed E-state index contributed by atoms with van der Waals surface area (Å²) in [6, 6.07) is -1.62. The van der Waals surface area contributed by atoms with Crippen LogP contribution in [-0.4, -0.2) is 81.8 Å². The summed E-state index contributed by atoms with van der Waals surface area (Å²) in [5.41, 5.74) is -1.79. The number of nitrogens with zero attached hydrogens (tertiary/aromatic N) is 1. The fourth-order valence-electron chi connectivity index (χ4n) is 4.51. The summed E-state index contributed by atoms with van der Waals surface area (Å²) < 4.78 is 28.7. The molecule has 13 heteroatoms. The van der Waals surface area contributed by atoms with Gasteiger partial charge in [-0.15, -0.1) is 0 Å². The van der Waals surface area contributed by atoms with Crippen LogP contribution in [0.4, 0.5) is 4.79 Å². The minimum absolute atomic E-state index is 0.00871. The summed E-state index contributed by atoms with van der Waals surface area (Å²) in [7, 11) is -3.33. The molecule has 220 valence electrons. The first kappa shape index (κ1) is 31.4. The first-order chi connectivity index (χ1) is 18.1. The van der Waals surface area contributed by atoms with E-state index in [1.807, 2.05) is 12.2 Å². The minimum atomic E-state index is -3.33. The Labute approximate surface area is 238 Å². The van der Waals surface area contributed by atoms with Crippen molar-refractivity contribution in [1.29, 1.82) is 4.78 Å². The number of hydrogen-bond acceptors (Lipinski definition) is 7. The molecule has 11 nitrogen and oxygen atoms in total. The standard InChI is InChI=1S/C26H43N5O6SSe/c1-17-11-9-7-6-8-10-12-19(28-24(35)37-25(2,3)4)22(33)31-16-39-15-20(31)21(32)29-26(17,5)23(34)30-38(27,36)18-13-14-18/h9,11,17-20H,6-8,10,12-16H2,1-5H3,(H,28,35)(H,29,32)(H2,27,30,34,36)/b11-9-/t17-,19-,20-,26+,38?/m0/s1. The second-order valence-electron chi connectivity index (χ2n) is 11.8. The Bertz CT molecular complexity index is 1090. The van der Waals surface area contributed by atoms with Crippen LogP contribution < -0.4 is 15.4 Å². The predicted octanol–water partition coefficient (Wildman–Crippen LogP) is 2.44. The van der Waals surface area contributed by atoms with Crippen LogP contribution in [0.1, 0.15) is 79.6 Å². The van der Waals surface area contributed by atoms with Gasteiger partial charge in [-0.2, -0.15) is 0 Å². The summed E-state index contributed by atoms with van der Waals surface area (Å²) in [4.78, 5) is 54.8. The molecular formula is C26H43N5O6SSe. The molecule has 4 amide bonds. The molecule has 2 aliphatic heterocycles. The van der Waals surface area contributed by atoms with E-state index < -0.39 is 57.0 Å². The molecule has 0 aromatic heterocycles. The van der Waals surface area contributed by atoms with E-state index in [1.54, 1.807) is 34.6 Å². The van der Waals surface area contributed by atoms with Gasteiger partial charge < -0.3 is 0 Å². The van der Waals surface area contributed by atoms with Crippen molar-refractivity contribution in [2.75, 3.05) is 5.44 Å². The van der Waals surface area contributed by atoms with E-state index in [1.165, 1.54) is 4.90 Å². The Morgan fingerprint density at radius 3 is 2.54 bits per heavy atom. The zero-order chi connectivity index (χ0) is 29.0. The van der Waals surface area contributed by atoms with E-state index in [-0.39, 0.29) is 26.1 Å². The van der Waals surface area contributed by atoms with Crippen molar-refractivity contribution in [3.05, 3.63) is 12.2 Å². The molecule has 1 saturated carbocycles. The summed E-state index contributed by atoms with van der Waals surface area (Å²) in [5, 5.41) is 5.69. The SMILES string of the molecule is C[C@H]1/C=C\CCCCC[C@H](NC(=O)OC(C)(C)C)C(=O)N2C[Se]C[C@H]2C(=O)N[C@@]1(C)C(=O)NS(=N)(=O)C1CC1. The third-order valence-corrected chi connectivity index (χ3v) is 11.3. The molecule has 2 fully saturated rings. The van der Waals surface area contributed by atoms with Crippen molar-refractivity contribution in [3.63, 3.8) is 0 Å². The first-order valence-corrected chi connectivity index (χ1v) is 17.6. The fourth-order valence-corrected chi connectivity index (χ4v) is 8.40. The van der Waals surface area contributed by atoms with Gasteiger partial charge in [-0.3, -0.25) is 0 Å². The van der Waals surface area contributed by atoms with Crippen LogP contribution in [0.25, 0.3) is 0 Å². The Morgan fingerprint density at radius 2 is 1.90 bits per heavy atom. The Morgan fingerprint density at radius 1 is 1.21 bits per heavy atom. The average Bonchev–Trinajstić information content (AvgIpc) is 3.58. The molecular weight excluding hydrogens is 589 g/mol. The number of ether oxygens (including phenoxy) is 1. The normalized spacial score (nSPS) is 31.5. The summed E-state index contributed by atoms with van der Waals surface area (Å²) in [6.07, 6.45) is 7.97. The van der Waals surface area contributed by atoms with Crippen LogP contribution in [0.2, 0.25) is 5.32 Å². The molecule has 39 heavy (non-hydrogen) atoms. The van der Waals surface area contributed by atoms with Gasteiger partial charge in [-0.05, 0) is 0 Å². The maximum absolute atomic E-state index is 13.7. The van der Waals surface area contributed by atoms with Crippen LogP contribution in [0.5, 0.6) is 0 Å². The van der Waals surface area contributed by atoms with Gasteiger partial charge in [-0.25, -0.2) is 0 Å². The van der Waals surface area contributed by atoms with Gasteiger partial charge in [0.2, 0.25) is 0 Å². The van der Waals surface area contributed by atoms with Crippen LogP contribution in [0.3, 0.4) is 0 Å². The zero-order valence-corrected chi connectivity index (χ0v) is 26.1. The first-order valence-electron chi connectivity index (χ1n) is 13.6. The molecule has 0 aromatic rings. The van der Waals surface area contributed by atoms with Gasteiger partial charge in [0, 0.05) is 0 Å². The number of fused-ring (bicyclic) bond motifs is 1. The third kappa shape index (κ3) is 8.44. The number of nitrogens with one attached hydrogen (secondary N) is 4. The molecule has 5 atom stereocenters. The predicted molar refractivity (Wildman–Crippen MR) is 149 cm³/mol. The second-order valence-corrected chi connectivity index (χ2v) is 16.0. The van der Waals surface area contributed by atoms with Crippen molar-refractivity contribution in [3.8, 4) is 0 Å². The van der Waals surface area contributed by atoms with Crippen LogP contribution in [0, 0.1) is 10.7 Å². The third-order valence-electron chi connectivity index (χ3n) is 7.25. The van der Waals surface area contributed by atoms with E-state index in [4.69, 9.17) is 9.52 Å². The Balaban J connectivity index is 1.87. The fraction of sp³-hybridized carbons (Fsp3) is 0.769. The van der Waals surface area contributed by atoms with Gasteiger partial charge in [0.15, 0.2) is 0 Å². The molecule has 3 rings (SSSR count). The number of alkyl carbamates (subject to hydrolysis) is 1. The van der Waals surface area contributed by atoms with Gasteiger partial charge >= 0.3 is 239 Å². The van der Waals surface area contributed by atoms with E-state index in [0.29, 0.717) is 36.4 Å². The summed E-state index contributed by atoms with van der Waals surface area (Å²) in [6.45, 7) is 8.63. The molecule has 0 radical (unpaired) electrons. The molecule has 2 heterocycles. The van der Waals surface area contributed by atoms with Gasteiger partial charge in [0.25, 0.3) is 0 Å². The molecule has 3 aliphatic rings. The van der Waals surface area contributed by atoms with Crippen LogP contribution >= 0.6 is 0 Å². The molecule has 1 aliphatic carbocycles. The number of rotatable bonds is 4. The van der Waals surface area contributed by atoms with Gasteiger partial charge in [0.1, 0.15) is 0 Å². The molecule has 0 spiro atoms. The van der Waals surface area contributed by atoms with Crippen LogP contribution in [0.15, 0.2) is 12.2 Å². The monoisotopic (exact) mass is 633 g/mol.